The molecule has 4 heteroatoms. The highest BCUT2D eigenvalue weighted by molar-refractivity contribution is 7.99. The van der Waals surface area contributed by atoms with Gasteiger partial charge in [-0.15, -0.1) is 23.1 Å². The van der Waals surface area contributed by atoms with Crippen molar-refractivity contribution in [2.75, 3.05) is 5.75 Å². The molecule has 1 heterocycles. The molecule has 2 aromatic rings. The Morgan fingerprint density at radius 1 is 1.26 bits per heavy atom. The van der Waals surface area contributed by atoms with Crippen molar-refractivity contribution in [3.63, 3.8) is 0 Å². The maximum Gasteiger partial charge on any atom is 0.123 e. The minimum atomic E-state index is 0.0740. The van der Waals surface area contributed by atoms with E-state index in [4.69, 9.17) is 5.73 Å². The van der Waals surface area contributed by atoms with Crippen molar-refractivity contribution in [1.82, 2.24) is 4.98 Å². The molecule has 0 saturated carbocycles. The predicted octanol–water partition coefficient (Wildman–Crippen LogP) is 4.72. The molecule has 2 N–H and O–H groups in total. The molecule has 102 valence electrons. The molecule has 1 unspecified atom stereocenters. The molecular weight excluding hydrogens is 272 g/mol. The molecule has 1 aromatic carbocycles. The molecule has 1 aromatic heterocycles. The molecule has 0 amide bonds. The number of rotatable bonds is 6. The molecule has 0 aliphatic carbocycles. The number of thioether (sulfide) groups is 1. The van der Waals surface area contributed by atoms with Crippen LogP contribution >= 0.6 is 23.1 Å². The van der Waals surface area contributed by atoms with Crippen LogP contribution in [-0.2, 0) is 0 Å². The van der Waals surface area contributed by atoms with E-state index in [0.29, 0.717) is 0 Å². The van der Waals surface area contributed by atoms with E-state index in [1.807, 2.05) is 11.8 Å². The first-order valence-corrected chi connectivity index (χ1v) is 8.55. The quantitative estimate of drug-likeness (QED) is 0.783. The van der Waals surface area contributed by atoms with Gasteiger partial charge in [0.15, 0.2) is 0 Å². The van der Waals surface area contributed by atoms with Crippen molar-refractivity contribution in [2.24, 2.45) is 5.73 Å². The van der Waals surface area contributed by atoms with Crippen LogP contribution in [0.5, 0.6) is 0 Å². The van der Waals surface area contributed by atoms with Crippen LogP contribution in [0, 0.1) is 0 Å². The Balaban J connectivity index is 2.13. The molecule has 0 bridgehead atoms. The summed E-state index contributed by atoms with van der Waals surface area (Å²) < 4.78 is 0. The van der Waals surface area contributed by atoms with Gasteiger partial charge in [0, 0.05) is 21.9 Å². The molecule has 0 radical (unpaired) electrons. The Bertz CT molecular complexity index is 505. The van der Waals surface area contributed by atoms with Crippen LogP contribution in [0.25, 0.3) is 10.6 Å². The second-order valence-electron chi connectivity index (χ2n) is 4.43. The average molecular weight is 292 g/mol. The van der Waals surface area contributed by atoms with Crippen molar-refractivity contribution in [2.45, 2.75) is 37.6 Å². The van der Waals surface area contributed by atoms with Crippen LogP contribution in [0.15, 0.2) is 34.5 Å². The molecule has 19 heavy (non-hydrogen) atoms. The highest BCUT2D eigenvalue weighted by Crippen LogP contribution is 2.28. The zero-order chi connectivity index (χ0) is 13.7. The second kappa shape index (κ2) is 7.08. The fourth-order valence-electron chi connectivity index (χ4n) is 1.91. The van der Waals surface area contributed by atoms with Crippen LogP contribution in [0.1, 0.15) is 38.4 Å². The van der Waals surface area contributed by atoms with E-state index < -0.39 is 0 Å². The van der Waals surface area contributed by atoms with Crippen molar-refractivity contribution in [3.8, 4) is 10.6 Å². The fourth-order valence-corrected chi connectivity index (χ4v) is 3.46. The lowest BCUT2D eigenvalue weighted by Crippen LogP contribution is -2.09. The maximum atomic E-state index is 6.10. The van der Waals surface area contributed by atoms with Gasteiger partial charge in [-0.1, -0.05) is 32.4 Å². The zero-order valence-corrected chi connectivity index (χ0v) is 13.1. The molecule has 2 nitrogen and oxygen atoms in total. The van der Waals surface area contributed by atoms with Gasteiger partial charge >= 0.3 is 0 Å². The lowest BCUT2D eigenvalue weighted by atomic mass is 10.1. The smallest absolute Gasteiger partial charge is 0.123 e. The van der Waals surface area contributed by atoms with Crippen LogP contribution in [-0.4, -0.2) is 10.7 Å². The van der Waals surface area contributed by atoms with Crippen molar-refractivity contribution < 1.29 is 0 Å². The summed E-state index contributed by atoms with van der Waals surface area (Å²) in [6.07, 6.45) is 2.09. The first kappa shape index (κ1) is 14.6. The lowest BCUT2D eigenvalue weighted by Gasteiger charge is -2.05. The third-order valence-electron chi connectivity index (χ3n) is 2.91. The van der Waals surface area contributed by atoms with E-state index in [1.165, 1.54) is 10.5 Å². The second-order valence-corrected chi connectivity index (χ2v) is 6.63. The number of hydrogen-bond donors (Lipinski definition) is 1. The average Bonchev–Trinajstić information content (AvgIpc) is 2.90. The number of nitrogens with zero attached hydrogens (tertiary/aromatic N) is 1. The fraction of sp³-hybridized carbons (Fsp3) is 0.400. The van der Waals surface area contributed by atoms with Crippen LogP contribution in [0.4, 0.5) is 0 Å². The predicted molar refractivity (Wildman–Crippen MR) is 85.8 cm³/mol. The standard InChI is InChI=1S/C15H20N2S2/c1-3-5-13(16)14-10-19-15(17-14)11-6-8-12(9-7-11)18-4-2/h6-10,13H,3-5,16H2,1-2H3. The van der Waals surface area contributed by atoms with E-state index >= 15 is 0 Å². The summed E-state index contributed by atoms with van der Waals surface area (Å²) in [5, 5.41) is 3.15. The van der Waals surface area contributed by atoms with Crippen molar-refractivity contribution >= 4 is 23.1 Å². The van der Waals surface area contributed by atoms with Gasteiger partial charge in [-0.05, 0) is 24.3 Å². The Labute approximate surface area is 123 Å². The van der Waals surface area contributed by atoms with Crippen LogP contribution < -0.4 is 5.73 Å². The molecule has 2 rings (SSSR count). The van der Waals surface area contributed by atoms with Gasteiger partial charge in [-0.3, -0.25) is 0 Å². The van der Waals surface area contributed by atoms with Gasteiger partial charge in [0.2, 0.25) is 0 Å². The van der Waals surface area contributed by atoms with Gasteiger partial charge < -0.3 is 5.73 Å². The summed E-state index contributed by atoms with van der Waals surface area (Å²) in [6, 6.07) is 8.69. The van der Waals surface area contributed by atoms with Crippen LogP contribution in [0.2, 0.25) is 0 Å². The first-order valence-electron chi connectivity index (χ1n) is 6.68. The normalized spacial score (nSPS) is 12.6. The molecule has 0 aliphatic rings. The Hall–Kier alpha value is -0.840. The van der Waals surface area contributed by atoms with Gasteiger partial charge in [0.05, 0.1) is 5.69 Å². The topological polar surface area (TPSA) is 38.9 Å². The van der Waals surface area contributed by atoms with Gasteiger partial charge in [-0.25, -0.2) is 4.98 Å². The minimum absolute atomic E-state index is 0.0740. The first-order chi connectivity index (χ1) is 9.24. The maximum absolute atomic E-state index is 6.10. The number of thiazole rings is 1. The molecule has 0 saturated heterocycles. The highest BCUT2D eigenvalue weighted by Gasteiger charge is 2.10. The van der Waals surface area contributed by atoms with Crippen molar-refractivity contribution in [1.29, 1.82) is 0 Å². The Kier molecular flexibility index (Phi) is 5.43. The summed E-state index contributed by atoms with van der Waals surface area (Å²) in [5.41, 5.74) is 8.30. The largest absolute Gasteiger partial charge is 0.323 e. The molecule has 0 aliphatic heterocycles. The van der Waals surface area contributed by atoms with Gasteiger partial charge in [-0.2, -0.15) is 0 Å². The summed E-state index contributed by atoms with van der Waals surface area (Å²) in [6.45, 7) is 4.32. The van der Waals surface area contributed by atoms with Gasteiger partial charge in [0.25, 0.3) is 0 Å². The van der Waals surface area contributed by atoms with E-state index in [2.05, 4.69) is 48.5 Å². The summed E-state index contributed by atoms with van der Waals surface area (Å²) in [5.74, 6) is 1.10. The number of nitrogens with two attached hydrogens (primary N) is 1. The lowest BCUT2D eigenvalue weighted by molar-refractivity contribution is 0.625. The number of aromatic nitrogens is 1. The molecular formula is C15H20N2S2. The molecule has 0 spiro atoms. The third-order valence-corrected chi connectivity index (χ3v) is 4.72. The third kappa shape index (κ3) is 3.81. The van der Waals surface area contributed by atoms with Gasteiger partial charge in [0.1, 0.15) is 5.01 Å². The Morgan fingerprint density at radius 2 is 2.00 bits per heavy atom. The zero-order valence-electron chi connectivity index (χ0n) is 11.4. The summed E-state index contributed by atoms with van der Waals surface area (Å²) in [7, 11) is 0. The van der Waals surface area contributed by atoms with E-state index in [9.17, 15) is 0 Å². The van der Waals surface area contributed by atoms with Crippen LogP contribution in [0.3, 0.4) is 0 Å². The number of benzene rings is 1. The summed E-state index contributed by atoms with van der Waals surface area (Å²) >= 11 is 3.54. The highest BCUT2D eigenvalue weighted by atomic mass is 32.2. The van der Waals surface area contributed by atoms with E-state index in [-0.39, 0.29) is 6.04 Å². The molecule has 1 atom stereocenters. The van der Waals surface area contributed by atoms with E-state index in [1.54, 1.807) is 11.3 Å². The number of hydrogen-bond acceptors (Lipinski definition) is 4. The molecule has 0 fully saturated rings. The minimum Gasteiger partial charge on any atom is -0.323 e. The monoisotopic (exact) mass is 292 g/mol. The SMILES string of the molecule is CCCC(N)c1csc(-c2ccc(SCC)cc2)n1. The summed E-state index contributed by atoms with van der Waals surface area (Å²) in [4.78, 5) is 5.97. The Morgan fingerprint density at radius 3 is 2.63 bits per heavy atom. The van der Waals surface area contributed by atoms with E-state index in [0.717, 1.165) is 29.3 Å². The van der Waals surface area contributed by atoms with Crippen molar-refractivity contribution in [3.05, 3.63) is 35.3 Å².